The summed E-state index contributed by atoms with van der Waals surface area (Å²) < 4.78 is 10.5. The van der Waals surface area contributed by atoms with Crippen LogP contribution in [-0.2, 0) is 14.3 Å². The number of rotatable bonds is 7. The molecule has 1 rings (SSSR count). The maximum atomic E-state index is 11.8. The molecule has 0 saturated heterocycles. The van der Waals surface area contributed by atoms with Crippen molar-refractivity contribution in [2.45, 2.75) is 26.2 Å². The zero-order valence-corrected chi connectivity index (χ0v) is 10.5. The molecule has 0 aliphatic rings. The Hall–Kier alpha value is -1.35. The molecule has 0 spiro atoms. The van der Waals surface area contributed by atoms with E-state index in [-0.39, 0.29) is 11.9 Å². The standard InChI is InChI=1S/C14H20O3/c1-3-10-16-11-13(14(15)17-4-2)12-8-6-5-7-9-12/h5-9,13H,3-4,10-11H2,1-2H3. The molecule has 0 bridgehead atoms. The summed E-state index contributed by atoms with van der Waals surface area (Å²) in [5.74, 6) is -0.530. The Morgan fingerprint density at radius 2 is 1.94 bits per heavy atom. The van der Waals surface area contributed by atoms with Crippen molar-refractivity contribution >= 4 is 5.97 Å². The second-order valence-corrected chi connectivity index (χ2v) is 3.79. The molecule has 3 heteroatoms. The van der Waals surface area contributed by atoms with Crippen LogP contribution in [0.4, 0.5) is 0 Å². The number of carbonyl (C=O) groups is 1. The summed E-state index contributed by atoms with van der Waals surface area (Å²) in [6, 6.07) is 9.62. The molecule has 0 N–H and O–H groups in total. The van der Waals surface area contributed by atoms with Gasteiger partial charge < -0.3 is 9.47 Å². The van der Waals surface area contributed by atoms with Gasteiger partial charge in [-0.2, -0.15) is 0 Å². The summed E-state index contributed by atoms with van der Waals surface area (Å²) in [6.07, 6.45) is 0.949. The van der Waals surface area contributed by atoms with E-state index in [0.717, 1.165) is 12.0 Å². The second-order valence-electron chi connectivity index (χ2n) is 3.79. The molecule has 0 radical (unpaired) electrons. The largest absolute Gasteiger partial charge is 0.465 e. The molecule has 0 amide bonds. The summed E-state index contributed by atoms with van der Waals surface area (Å²) >= 11 is 0. The number of ether oxygens (including phenoxy) is 2. The highest BCUT2D eigenvalue weighted by molar-refractivity contribution is 5.78. The summed E-state index contributed by atoms with van der Waals surface area (Å²) in [5, 5.41) is 0. The maximum absolute atomic E-state index is 11.8. The van der Waals surface area contributed by atoms with Crippen LogP contribution in [-0.4, -0.2) is 25.8 Å². The Balaban J connectivity index is 2.68. The fourth-order valence-electron chi connectivity index (χ4n) is 1.57. The van der Waals surface area contributed by atoms with E-state index >= 15 is 0 Å². The maximum Gasteiger partial charge on any atom is 0.315 e. The van der Waals surface area contributed by atoms with Crippen LogP contribution in [0.5, 0.6) is 0 Å². The fraction of sp³-hybridized carbons (Fsp3) is 0.500. The van der Waals surface area contributed by atoms with Gasteiger partial charge in [-0.05, 0) is 18.9 Å². The summed E-state index contributed by atoms with van der Waals surface area (Å²) in [4.78, 5) is 11.8. The normalized spacial score (nSPS) is 12.1. The lowest BCUT2D eigenvalue weighted by Crippen LogP contribution is -2.21. The van der Waals surface area contributed by atoms with Gasteiger partial charge in [0.25, 0.3) is 0 Å². The molecule has 17 heavy (non-hydrogen) atoms. The number of benzene rings is 1. The molecule has 1 atom stereocenters. The fourth-order valence-corrected chi connectivity index (χ4v) is 1.57. The van der Waals surface area contributed by atoms with Crippen LogP contribution in [0, 0.1) is 0 Å². The van der Waals surface area contributed by atoms with Crippen molar-refractivity contribution in [2.75, 3.05) is 19.8 Å². The van der Waals surface area contributed by atoms with Crippen LogP contribution in [0.3, 0.4) is 0 Å². The van der Waals surface area contributed by atoms with Crippen LogP contribution >= 0.6 is 0 Å². The first-order chi connectivity index (χ1) is 8.29. The molecule has 1 aromatic rings. The van der Waals surface area contributed by atoms with Gasteiger partial charge in [0.1, 0.15) is 5.92 Å². The van der Waals surface area contributed by atoms with E-state index in [9.17, 15) is 4.79 Å². The Morgan fingerprint density at radius 3 is 2.53 bits per heavy atom. The average molecular weight is 236 g/mol. The van der Waals surface area contributed by atoms with Crippen LogP contribution in [0.2, 0.25) is 0 Å². The van der Waals surface area contributed by atoms with E-state index in [1.54, 1.807) is 0 Å². The van der Waals surface area contributed by atoms with Crippen molar-refractivity contribution in [3.63, 3.8) is 0 Å². The molecule has 0 saturated carbocycles. The molecule has 94 valence electrons. The molecule has 1 aromatic carbocycles. The third-order valence-corrected chi connectivity index (χ3v) is 2.41. The summed E-state index contributed by atoms with van der Waals surface area (Å²) in [6.45, 7) is 5.31. The van der Waals surface area contributed by atoms with Crippen molar-refractivity contribution < 1.29 is 14.3 Å². The summed E-state index contributed by atoms with van der Waals surface area (Å²) in [5.41, 5.74) is 0.946. The number of hydrogen-bond acceptors (Lipinski definition) is 3. The summed E-state index contributed by atoms with van der Waals surface area (Å²) in [7, 11) is 0. The number of carbonyl (C=O) groups excluding carboxylic acids is 1. The zero-order chi connectivity index (χ0) is 12.5. The zero-order valence-electron chi connectivity index (χ0n) is 10.5. The Morgan fingerprint density at radius 1 is 1.24 bits per heavy atom. The minimum Gasteiger partial charge on any atom is -0.465 e. The van der Waals surface area contributed by atoms with Gasteiger partial charge in [-0.1, -0.05) is 37.3 Å². The predicted octanol–water partition coefficient (Wildman–Crippen LogP) is 2.76. The van der Waals surface area contributed by atoms with E-state index in [2.05, 4.69) is 0 Å². The van der Waals surface area contributed by atoms with Gasteiger partial charge in [0, 0.05) is 6.61 Å². The lowest BCUT2D eigenvalue weighted by Gasteiger charge is -2.15. The number of esters is 1. The third-order valence-electron chi connectivity index (χ3n) is 2.41. The van der Waals surface area contributed by atoms with Crippen LogP contribution in [0.25, 0.3) is 0 Å². The number of hydrogen-bond donors (Lipinski definition) is 0. The predicted molar refractivity (Wildman–Crippen MR) is 66.9 cm³/mol. The molecule has 0 aromatic heterocycles. The van der Waals surface area contributed by atoms with E-state index in [4.69, 9.17) is 9.47 Å². The lowest BCUT2D eigenvalue weighted by atomic mass is 10.0. The Labute approximate surface area is 103 Å². The Kier molecular flexibility index (Phi) is 6.33. The van der Waals surface area contributed by atoms with Gasteiger partial charge in [-0.3, -0.25) is 4.79 Å². The highest BCUT2D eigenvalue weighted by atomic mass is 16.5. The Bertz CT molecular complexity index is 321. The molecular formula is C14H20O3. The van der Waals surface area contributed by atoms with Crippen LogP contribution in [0.15, 0.2) is 30.3 Å². The first-order valence-corrected chi connectivity index (χ1v) is 6.08. The van der Waals surface area contributed by atoms with E-state index in [1.165, 1.54) is 0 Å². The average Bonchev–Trinajstić information content (AvgIpc) is 2.36. The molecule has 0 aliphatic carbocycles. The van der Waals surface area contributed by atoms with Gasteiger partial charge in [-0.15, -0.1) is 0 Å². The SMILES string of the molecule is CCCOCC(C(=O)OCC)c1ccccc1. The first kappa shape index (κ1) is 13.7. The highest BCUT2D eigenvalue weighted by Crippen LogP contribution is 2.17. The lowest BCUT2D eigenvalue weighted by molar-refractivity contribution is -0.146. The quantitative estimate of drug-likeness (QED) is 0.539. The smallest absolute Gasteiger partial charge is 0.315 e. The van der Waals surface area contributed by atoms with Crippen LogP contribution < -0.4 is 0 Å². The molecule has 0 aliphatic heterocycles. The molecule has 1 unspecified atom stereocenters. The van der Waals surface area contributed by atoms with Crippen LogP contribution in [0.1, 0.15) is 31.7 Å². The monoisotopic (exact) mass is 236 g/mol. The van der Waals surface area contributed by atoms with E-state index in [0.29, 0.717) is 19.8 Å². The van der Waals surface area contributed by atoms with Crippen molar-refractivity contribution in [1.82, 2.24) is 0 Å². The van der Waals surface area contributed by atoms with Crippen molar-refractivity contribution in [1.29, 1.82) is 0 Å². The molecule has 3 nitrogen and oxygen atoms in total. The van der Waals surface area contributed by atoms with Gasteiger partial charge in [0.2, 0.25) is 0 Å². The molecule has 0 heterocycles. The first-order valence-electron chi connectivity index (χ1n) is 6.08. The topological polar surface area (TPSA) is 35.5 Å². The van der Waals surface area contributed by atoms with Gasteiger partial charge in [0.05, 0.1) is 13.2 Å². The van der Waals surface area contributed by atoms with Gasteiger partial charge in [-0.25, -0.2) is 0 Å². The minimum absolute atomic E-state index is 0.213. The van der Waals surface area contributed by atoms with Gasteiger partial charge >= 0.3 is 5.97 Å². The van der Waals surface area contributed by atoms with Crippen molar-refractivity contribution in [3.8, 4) is 0 Å². The van der Waals surface area contributed by atoms with Gasteiger partial charge in [0.15, 0.2) is 0 Å². The second kappa shape index (κ2) is 7.85. The van der Waals surface area contributed by atoms with Crippen molar-refractivity contribution in [2.24, 2.45) is 0 Å². The van der Waals surface area contributed by atoms with E-state index in [1.807, 2.05) is 44.2 Å². The third kappa shape index (κ3) is 4.57. The highest BCUT2D eigenvalue weighted by Gasteiger charge is 2.21. The van der Waals surface area contributed by atoms with E-state index < -0.39 is 0 Å². The van der Waals surface area contributed by atoms with Crippen molar-refractivity contribution in [3.05, 3.63) is 35.9 Å². The molecular weight excluding hydrogens is 216 g/mol. The minimum atomic E-state index is -0.317. The molecule has 0 fully saturated rings.